The van der Waals surface area contributed by atoms with Crippen LogP contribution in [0.2, 0.25) is 5.15 Å². The molecule has 0 aliphatic heterocycles. The molecule has 1 aromatic rings. The molecule has 102 valence electrons. The minimum absolute atomic E-state index is 0.185. The number of primary amides is 1. The van der Waals surface area contributed by atoms with Crippen molar-refractivity contribution >= 4 is 29.4 Å². The maximum atomic E-state index is 13.3. The average Bonchev–Trinajstić information content (AvgIpc) is 3.12. The third-order valence-electron chi connectivity index (χ3n) is 2.80. The normalized spacial score (nSPS) is 14.2. The highest BCUT2D eigenvalue weighted by Crippen LogP contribution is 2.32. The number of amides is 2. The van der Waals surface area contributed by atoms with Gasteiger partial charge in [-0.3, -0.25) is 9.69 Å². The highest BCUT2D eigenvalue weighted by atomic mass is 35.5. The molecule has 1 aliphatic carbocycles. The first kappa shape index (κ1) is 13.5. The second-order valence-corrected chi connectivity index (χ2v) is 4.69. The molecular formula is C11H11ClFN3O3. The minimum Gasteiger partial charge on any atom is -0.465 e. The summed E-state index contributed by atoms with van der Waals surface area (Å²) in [6.45, 7) is 0.185. The number of pyridine rings is 1. The first-order valence-electron chi connectivity index (χ1n) is 5.56. The Morgan fingerprint density at radius 2 is 2.21 bits per heavy atom. The van der Waals surface area contributed by atoms with E-state index in [9.17, 15) is 14.0 Å². The Balaban J connectivity index is 2.46. The zero-order valence-corrected chi connectivity index (χ0v) is 10.5. The highest BCUT2D eigenvalue weighted by Gasteiger charge is 2.31. The van der Waals surface area contributed by atoms with Crippen molar-refractivity contribution < 1.29 is 19.1 Å². The first-order valence-corrected chi connectivity index (χ1v) is 5.94. The van der Waals surface area contributed by atoms with E-state index in [2.05, 4.69) is 4.98 Å². The van der Waals surface area contributed by atoms with Crippen LogP contribution in [0.1, 0.15) is 23.2 Å². The molecule has 3 N–H and O–H groups in total. The van der Waals surface area contributed by atoms with Gasteiger partial charge in [-0.2, -0.15) is 0 Å². The summed E-state index contributed by atoms with van der Waals surface area (Å²) < 4.78 is 13.3. The maximum absolute atomic E-state index is 13.3. The van der Waals surface area contributed by atoms with E-state index in [-0.39, 0.29) is 23.8 Å². The Morgan fingerprint density at radius 3 is 2.68 bits per heavy atom. The average molecular weight is 288 g/mol. The Labute approximate surface area is 113 Å². The van der Waals surface area contributed by atoms with Crippen LogP contribution < -0.4 is 10.6 Å². The molecule has 0 spiro atoms. The van der Waals surface area contributed by atoms with Gasteiger partial charge >= 0.3 is 6.09 Å². The van der Waals surface area contributed by atoms with Gasteiger partial charge in [0.05, 0.1) is 5.56 Å². The second kappa shape index (κ2) is 5.00. The van der Waals surface area contributed by atoms with Crippen molar-refractivity contribution in [1.29, 1.82) is 0 Å². The molecule has 2 amide bonds. The zero-order valence-electron chi connectivity index (χ0n) is 9.77. The quantitative estimate of drug-likeness (QED) is 0.826. The van der Waals surface area contributed by atoms with E-state index < -0.39 is 23.0 Å². The number of anilines is 1. The van der Waals surface area contributed by atoms with Crippen LogP contribution in [0.4, 0.5) is 15.0 Å². The van der Waals surface area contributed by atoms with Crippen molar-refractivity contribution in [3.63, 3.8) is 0 Å². The monoisotopic (exact) mass is 287 g/mol. The molecule has 0 saturated heterocycles. The van der Waals surface area contributed by atoms with Crippen molar-refractivity contribution in [1.82, 2.24) is 4.98 Å². The number of hydrogen-bond donors (Lipinski definition) is 2. The largest absolute Gasteiger partial charge is 0.465 e. The van der Waals surface area contributed by atoms with Gasteiger partial charge in [0.1, 0.15) is 0 Å². The maximum Gasteiger partial charge on any atom is 0.413 e. The fraction of sp³-hybridized carbons (Fsp3) is 0.364. The Hall–Kier alpha value is -1.89. The molecule has 0 radical (unpaired) electrons. The number of carbonyl (C=O) groups excluding carboxylic acids is 1. The Bertz CT molecular complexity index is 548. The van der Waals surface area contributed by atoms with Crippen molar-refractivity contribution in [2.45, 2.75) is 12.8 Å². The summed E-state index contributed by atoms with van der Waals surface area (Å²) in [5, 5.41) is 8.67. The summed E-state index contributed by atoms with van der Waals surface area (Å²) in [6, 6.07) is 0.801. The van der Waals surface area contributed by atoms with Crippen LogP contribution >= 0.6 is 11.6 Å². The van der Waals surface area contributed by atoms with E-state index in [1.807, 2.05) is 0 Å². The van der Waals surface area contributed by atoms with E-state index >= 15 is 0 Å². The molecule has 1 heterocycles. The van der Waals surface area contributed by atoms with Crippen LogP contribution in [0.5, 0.6) is 0 Å². The minimum atomic E-state index is -1.29. The second-order valence-electron chi connectivity index (χ2n) is 4.33. The lowest BCUT2D eigenvalue weighted by atomic mass is 10.2. The summed E-state index contributed by atoms with van der Waals surface area (Å²) >= 11 is 5.53. The SMILES string of the molecule is NC(=O)c1cc(F)c(Cl)nc1N(CC1CC1)C(=O)O. The molecule has 0 bridgehead atoms. The molecule has 0 aromatic carbocycles. The fourth-order valence-electron chi connectivity index (χ4n) is 1.66. The van der Waals surface area contributed by atoms with Gasteiger partial charge in [0, 0.05) is 6.54 Å². The Morgan fingerprint density at radius 1 is 1.58 bits per heavy atom. The molecule has 1 aliphatic rings. The number of rotatable bonds is 4. The summed E-state index contributed by atoms with van der Waals surface area (Å²) in [5.41, 5.74) is 4.81. The van der Waals surface area contributed by atoms with Crippen LogP contribution in [0.15, 0.2) is 6.07 Å². The van der Waals surface area contributed by atoms with Crippen LogP contribution in [0.25, 0.3) is 0 Å². The van der Waals surface area contributed by atoms with E-state index in [4.69, 9.17) is 22.4 Å². The molecule has 1 fully saturated rings. The molecule has 1 saturated carbocycles. The van der Waals surface area contributed by atoms with Crippen molar-refractivity contribution in [3.8, 4) is 0 Å². The topological polar surface area (TPSA) is 96.5 Å². The van der Waals surface area contributed by atoms with Crippen LogP contribution in [-0.2, 0) is 0 Å². The number of nitrogens with zero attached hydrogens (tertiary/aromatic N) is 2. The summed E-state index contributed by atoms with van der Waals surface area (Å²) in [5.74, 6) is -1.88. The standard InChI is InChI=1S/C11H11ClFN3O3/c12-8-7(13)3-6(9(14)17)10(15-8)16(11(18)19)4-5-1-2-5/h3,5H,1-2,4H2,(H2,14,17)(H,18,19). The summed E-state index contributed by atoms with van der Waals surface area (Å²) in [7, 11) is 0. The van der Waals surface area contributed by atoms with Gasteiger partial charge < -0.3 is 10.8 Å². The van der Waals surface area contributed by atoms with E-state index in [0.717, 1.165) is 23.8 Å². The molecule has 2 rings (SSSR count). The lowest BCUT2D eigenvalue weighted by molar-refractivity contribution is 0.1000. The molecule has 0 unspecified atom stereocenters. The van der Waals surface area contributed by atoms with Gasteiger partial charge in [-0.25, -0.2) is 14.2 Å². The first-order chi connectivity index (χ1) is 8.90. The van der Waals surface area contributed by atoms with Gasteiger partial charge in [0.15, 0.2) is 16.8 Å². The zero-order chi connectivity index (χ0) is 14.2. The van der Waals surface area contributed by atoms with E-state index in [0.29, 0.717) is 0 Å². The van der Waals surface area contributed by atoms with Gasteiger partial charge in [-0.15, -0.1) is 0 Å². The fourth-order valence-corrected chi connectivity index (χ4v) is 1.79. The van der Waals surface area contributed by atoms with Crippen LogP contribution in [0, 0.1) is 11.7 Å². The van der Waals surface area contributed by atoms with Crippen molar-refractivity contribution in [2.24, 2.45) is 11.7 Å². The van der Waals surface area contributed by atoms with Gasteiger partial charge in [0.25, 0.3) is 5.91 Å². The number of hydrogen-bond acceptors (Lipinski definition) is 3. The molecule has 1 aromatic heterocycles. The molecule has 0 atom stereocenters. The number of nitrogens with two attached hydrogens (primary N) is 1. The lowest BCUT2D eigenvalue weighted by Crippen LogP contribution is -2.34. The number of aromatic nitrogens is 1. The van der Waals surface area contributed by atoms with Gasteiger partial charge in [-0.05, 0) is 24.8 Å². The summed E-state index contributed by atoms with van der Waals surface area (Å²) in [6.07, 6.45) is 0.527. The number of halogens is 2. The highest BCUT2D eigenvalue weighted by molar-refractivity contribution is 6.29. The third kappa shape index (κ3) is 2.93. The van der Waals surface area contributed by atoms with Crippen molar-refractivity contribution in [3.05, 3.63) is 22.6 Å². The predicted octanol–water partition coefficient (Wildman–Crippen LogP) is 1.87. The lowest BCUT2D eigenvalue weighted by Gasteiger charge is -2.20. The molecular weight excluding hydrogens is 277 g/mol. The van der Waals surface area contributed by atoms with Gasteiger partial charge in [-0.1, -0.05) is 11.6 Å². The molecule has 8 heteroatoms. The van der Waals surface area contributed by atoms with E-state index in [1.165, 1.54) is 0 Å². The summed E-state index contributed by atoms with van der Waals surface area (Å²) in [4.78, 5) is 27.0. The van der Waals surface area contributed by atoms with Crippen molar-refractivity contribution in [2.75, 3.05) is 11.4 Å². The van der Waals surface area contributed by atoms with Gasteiger partial charge in [0.2, 0.25) is 0 Å². The van der Waals surface area contributed by atoms with Crippen LogP contribution in [-0.4, -0.2) is 28.6 Å². The molecule has 6 nitrogen and oxygen atoms in total. The third-order valence-corrected chi connectivity index (χ3v) is 3.07. The van der Waals surface area contributed by atoms with Crippen LogP contribution in [0.3, 0.4) is 0 Å². The predicted molar refractivity (Wildman–Crippen MR) is 65.8 cm³/mol. The Kier molecular flexibility index (Phi) is 3.57. The van der Waals surface area contributed by atoms with E-state index in [1.54, 1.807) is 0 Å². The number of carbonyl (C=O) groups is 2. The molecule has 19 heavy (non-hydrogen) atoms. The number of carboxylic acid groups (broad SMARTS) is 1. The smallest absolute Gasteiger partial charge is 0.413 e.